The van der Waals surface area contributed by atoms with Gasteiger partial charge in [-0.15, -0.1) is 0 Å². The molecule has 0 spiro atoms. The third kappa shape index (κ3) is 6.77. The second-order valence-corrected chi connectivity index (χ2v) is 5.44. The van der Waals surface area contributed by atoms with Crippen molar-refractivity contribution in [1.82, 2.24) is 9.80 Å². The van der Waals surface area contributed by atoms with E-state index in [0.29, 0.717) is 0 Å². The highest BCUT2D eigenvalue weighted by atomic mass is 32.1. The summed E-state index contributed by atoms with van der Waals surface area (Å²) < 4.78 is 0. The highest BCUT2D eigenvalue weighted by Crippen LogP contribution is 2.07. The lowest BCUT2D eigenvalue weighted by Crippen LogP contribution is -2.31. The molecule has 0 saturated carbocycles. The van der Waals surface area contributed by atoms with Crippen molar-refractivity contribution in [3.05, 3.63) is 0 Å². The average molecular weight is 244 g/mol. The van der Waals surface area contributed by atoms with Crippen LogP contribution in [0.25, 0.3) is 0 Å². The minimum atomic E-state index is 1.05. The van der Waals surface area contributed by atoms with Gasteiger partial charge in [-0.3, -0.25) is 0 Å². The molecular weight excluding hydrogens is 216 g/mol. The van der Waals surface area contributed by atoms with Crippen molar-refractivity contribution in [1.29, 1.82) is 0 Å². The van der Waals surface area contributed by atoms with E-state index >= 15 is 0 Å². The number of likely N-dealkylation sites (N-methyl/N-ethyl adjacent to an activating group) is 1. The third-order valence-electron chi connectivity index (χ3n) is 3.44. The van der Waals surface area contributed by atoms with E-state index in [-0.39, 0.29) is 0 Å². The maximum Gasteiger partial charge on any atom is 0.0109 e. The number of rotatable bonds is 9. The molecule has 0 unspecified atom stereocenters. The predicted octanol–water partition coefficient (Wildman–Crippen LogP) is 2.50. The molecule has 0 aliphatic carbocycles. The summed E-state index contributed by atoms with van der Waals surface area (Å²) in [6.45, 7) is 6.44. The maximum absolute atomic E-state index is 4.23. The molecule has 0 aromatic rings. The van der Waals surface area contributed by atoms with E-state index in [9.17, 15) is 0 Å². The van der Waals surface area contributed by atoms with Gasteiger partial charge in [-0.2, -0.15) is 12.6 Å². The zero-order valence-electron chi connectivity index (χ0n) is 10.8. The Balaban J connectivity index is 1.87. The Labute approximate surface area is 107 Å². The van der Waals surface area contributed by atoms with E-state index in [1.165, 1.54) is 71.2 Å². The van der Waals surface area contributed by atoms with Crippen LogP contribution in [-0.2, 0) is 0 Å². The van der Waals surface area contributed by atoms with E-state index in [1.807, 2.05) is 0 Å². The molecule has 0 atom stereocenters. The van der Waals surface area contributed by atoms with Gasteiger partial charge >= 0.3 is 0 Å². The molecule has 0 amide bonds. The van der Waals surface area contributed by atoms with Gasteiger partial charge in [0.1, 0.15) is 0 Å². The summed E-state index contributed by atoms with van der Waals surface area (Å²) in [4.78, 5) is 5.08. The van der Waals surface area contributed by atoms with E-state index in [1.54, 1.807) is 0 Å². The molecule has 2 nitrogen and oxygen atoms in total. The molecule has 3 heteroatoms. The second kappa shape index (κ2) is 9.32. The van der Waals surface area contributed by atoms with Crippen molar-refractivity contribution < 1.29 is 0 Å². The SMILES string of the molecule is CN(CCCCCCS)CCN1CCCC1. The molecular formula is C13H28N2S. The van der Waals surface area contributed by atoms with Crippen LogP contribution in [0.2, 0.25) is 0 Å². The zero-order chi connectivity index (χ0) is 11.6. The zero-order valence-corrected chi connectivity index (χ0v) is 11.7. The van der Waals surface area contributed by atoms with Gasteiger partial charge in [0.15, 0.2) is 0 Å². The lowest BCUT2D eigenvalue weighted by molar-refractivity contribution is 0.253. The van der Waals surface area contributed by atoms with Crippen LogP contribution in [-0.4, -0.2) is 55.3 Å². The lowest BCUT2D eigenvalue weighted by Gasteiger charge is -2.21. The van der Waals surface area contributed by atoms with Gasteiger partial charge < -0.3 is 9.80 Å². The smallest absolute Gasteiger partial charge is 0.0109 e. The van der Waals surface area contributed by atoms with Crippen molar-refractivity contribution >= 4 is 12.6 Å². The molecule has 96 valence electrons. The first kappa shape index (κ1) is 14.3. The Morgan fingerprint density at radius 3 is 2.38 bits per heavy atom. The van der Waals surface area contributed by atoms with Gasteiger partial charge in [0.2, 0.25) is 0 Å². The van der Waals surface area contributed by atoms with Crippen molar-refractivity contribution in [3.63, 3.8) is 0 Å². The fourth-order valence-electron chi connectivity index (χ4n) is 2.28. The number of nitrogens with zero attached hydrogens (tertiary/aromatic N) is 2. The van der Waals surface area contributed by atoms with Crippen molar-refractivity contribution in [2.24, 2.45) is 0 Å². The van der Waals surface area contributed by atoms with E-state index in [4.69, 9.17) is 0 Å². The molecule has 1 saturated heterocycles. The molecule has 0 N–H and O–H groups in total. The molecule has 1 heterocycles. The van der Waals surface area contributed by atoms with Crippen LogP contribution >= 0.6 is 12.6 Å². The second-order valence-electron chi connectivity index (χ2n) is 4.99. The van der Waals surface area contributed by atoms with E-state index in [2.05, 4.69) is 29.5 Å². The summed E-state index contributed by atoms with van der Waals surface area (Å²) in [6, 6.07) is 0. The van der Waals surface area contributed by atoms with Gasteiger partial charge in [-0.25, -0.2) is 0 Å². The number of thiol groups is 1. The highest BCUT2D eigenvalue weighted by molar-refractivity contribution is 7.80. The Kier molecular flexibility index (Phi) is 8.34. The molecule has 1 aliphatic rings. The number of hydrogen-bond acceptors (Lipinski definition) is 3. The highest BCUT2D eigenvalue weighted by Gasteiger charge is 2.11. The Bertz CT molecular complexity index is 158. The van der Waals surface area contributed by atoms with Crippen LogP contribution in [0.3, 0.4) is 0 Å². The molecule has 1 fully saturated rings. The standard InChI is InChI=1S/C13H28N2S/c1-14(8-4-2-3-7-13-16)11-12-15-9-5-6-10-15/h16H,2-13H2,1H3. The lowest BCUT2D eigenvalue weighted by atomic mass is 10.2. The van der Waals surface area contributed by atoms with Crippen molar-refractivity contribution in [3.8, 4) is 0 Å². The summed E-state index contributed by atoms with van der Waals surface area (Å²) in [6.07, 6.45) is 8.17. The number of hydrogen-bond donors (Lipinski definition) is 1. The summed E-state index contributed by atoms with van der Waals surface area (Å²) in [5, 5.41) is 0. The van der Waals surface area contributed by atoms with Gasteiger partial charge in [0, 0.05) is 13.1 Å². The molecule has 0 bridgehead atoms. The summed E-state index contributed by atoms with van der Waals surface area (Å²) in [5.74, 6) is 1.05. The maximum atomic E-state index is 4.23. The van der Waals surface area contributed by atoms with E-state index < -0.39 is 0 Å². The minimum Gasteiger partial charge on any atom is -0.305 e. The molecule has 0 aromatic carbocycles. The molecule has 0 radical (unpaired) electrons. The molecule has 0 aromatic heterocycles. The van der Waals surface area contributed by atoms with Crippen LogP contribution in [0.4, 0.5) is 0 Å². The monoisotopic (exact) mass is 244 g/mol. The largest absolute Gasteiger partial charge is 0.305 e. The van der Waals surface area contributed by atoms with Crippen LogP contribution < -0.4 is 0 Å². The predicted molar refractivity (Wildman–Crippen MR) is 75.5 cm³/mol. The normalized spacial score (nSPS) is 17.4. The van der Waals surface area contributed by atoms with Crippen LogP contribution in [0, 0.1) is 0 Å². The fraction of sp³-hybridized carbons (Fsp3) is 1.00. The summed E-state index contributed by atoms with van der Waals surface area (Å²) in [7, 11) is 2.26. The van der Waals surface area contributed by atoms with E-state index in [0.717, 1.165) is 5.75 Å². The quantitative estimate of drug-likeness (QED) is 0.492. The first-order chi connectivity index (χ1) is 7.83. The van der Waals surface area contributed by atoms with Crippen LogP contribution in [0.1, 0.15) is 38.5 Å². The fourth-order valence-corrected chi connectivity index (χ4v) is 2.50. The van der Waals surface area contributed by atoms with Gasteiger partial charge in [-0.1, -0.05) is 12.8 Å². The van der Waals surface area contributed by atoms with Gasteiger partial charge in [0.25, 0.3) is 0 Å². The van der Waals surface area contributed by atoms with Gasteiger partial charge in [-0.05, 0) is 58.1 Å². The van der Waals surface area contributed by atoms with Crippen molar-refractivity contribution in [2.45, 2.75) is 38.5 Å². The minimum absolute atomic E-state index is 1.05. The summed E-state index contributed by atoms with van der Waals surface area (Å²) in [5.41, 5.74) is 0. The van der Waals surface area contributed by atoms with Crippen LogP contribution in [0.5, 0.6) is 0 Å². The Hall–Kier alpha value is 0.270. The number of likely N-dealkylation sites (tertiary alicyclic amines) is 1. The summed E-state index contributed by atoms with van der Waals surface area (Å²) >= 11 is 4.23. The van der Waals surface area contributed by atoms with Gasteiger partial charge in [0.05, 0.1) is 0 Å². The van der Waals surface area contributed by atoms with Crippen LogP contribution in [0.15, 0.2) is 0 Å². The van der Waals surface area contributed by atoms with Crippen molar-refractivity contribution in [2.75, 3.05) is 45.5 Å². The topological polar surface area (TPSA) is 6.48 Å². The Morgan fingerprint density at radius 1 is 1.00 bits per heavy atom. The third-order valence-corrected chi connectivity index (χ3v) is 3.76. The molecule has 16 heavy (non-hydrogen) atoms. The number of unbranched alkanes of at least 4 members (excludes halogenated alkanes) is 3. The Morgan fingerprint density at radius 2 is 1.69 bits per heavy atom. The molecule has 1 rings (SSSR count). The molecule has 1 aliphatic heterocycles. The first-order valence-corrected chi connectivity index (χ1v) is 7.48. The first-order valence-electron chi connectivity index (χ1n) is 6.84. The average Bonchev–Trinajstić information content (AvgIpc) is 2.79.